The van der Waals surface area contributed by atoms with Crippen LogP contribution in [0.5, 0.6) is 0 Å². The third kappa shape index (κ3) is 3.78. The zero-order chi connectivity index (χ0) is 14.3. The Labute approximate surface area is 116 Å². The van der Waals surface area contributed by atoms with Crippen LogP contribution in [0.1, 0.15) is 63.5 Å². The largest absolute Gasteiger partial charge is 0.310 e. The molecule has 0 aliphatic rings. The van der Waals surface area contributed by atoms with Gasteiger partial charge in [-0.2, -0.15) is 5.10 Å². The van der Waals surface area contributed by atoms with Crippen molar-refractivity contribution in [3.63, 3.8) is 0 Å². The summed E-state index contributed by atoms with van der Waals surface area (Å²) in [7, 11) is 0. The summed E-state index contributed by atoms with van der Waals surface area (Å²) in [6, 6.07) is 0.369. The summed E-state index contributed by atoms with van der Waals surface area (Å²) in [6.07, 6.45) is 3.50. The standard InChI is InChI=1S/C15H28FN3/c1-5-12(17-8-4)15-13(6-2)18-19(11-9-10-16)14(15)7-3/h12,17H,5-11H2,1-4H3. The van der Waals surface area contributed by atoms with Crippen LogP contribution in [0.4, 0.5) is 4.39 Å². The molecule has 1 heterocycles. The Morgan fingerprint density at radius 2 is 1.95 bits per heavy atom. The second kappa shape index (κ2) is 8.31. The van der Waals surface area contributed by atoms with Crippen molar-refractivity contribution in [2.45, 2.75) is 66.0 Å². The summed E-state index contributed by atoms with van der Waals surface area (Å²) in [5.41, 5.74) is 3.80. The number of alkyl halides is 1. The molecule has 1 unspecified atom stereocenters. The lowest BCUT2D eigenvalue weighted by atomic mass is 9.99. The molecule has 3 nitrogen and oxygen atoms in total. The molecular weight excluding hydrogens is 241 g/mol. The van der Waals surface area contributed by atoms with Gasteiger partial charge in [0.05, 0.1) is 12.4 Å². The predicted octanol–water partition coefficient (Wildman–Crippen LogP) is 3.43. The van der Waals surface area contributed by atoms with Gasteiger partial charge in [-0.15, -0.1) is 0 Å². The summed E-state index contributed by atoms with van der Waals surface area (Å²) in [5, 5.41) is 8.24. The Hall–Kier alpha value is -0.900. The van der Waals surface area contributed by atoms with Gasteiger partial charge in [-0.25, -0.2) is 0 Å². The van der Waals surface area contributed by atoms with Crippen molar-refractivity contribution >= 4 is 0 Å². The molecule has 110 valence electrons. The monoisotopic (exact) mass is 269 g/mol. The zero-order valence-corrected chi connectivity index (χ0v) is 12.8. The molecule has 0 amide bonds. The number of aryl methyl sites for hydroxylation is 2. The number of nitrogens with one attached hydrogen (secondary N) is 1. The van der Waals surface area contributed by atoms with Crippen LogP contribution in [0.3, 0.4) is 0 Å². The van der Waals surface area contributed by atoms with E-state index in [1.807, 2.05) is 4.68 Å². The van der Waals surface area contributed by atoms with Crippen LogP contribution in [0.2, 0.25) is 0 Å². The lowest BCUT2D eigenvalue weighted by Crippen LogP contribution is -2.22. The molecule has 4 heteroatoms. The molecule has 19 heavy (non-hydrogen) atoms. The van der Waals surface area contributed by atoms with E-state index in [2.05, 4.69) is 33.0 Å². The molecule has 0 aliphatic heterocycles. The van der Waals surface area contributed by atoms with Crippen LogP contribution in [-0.2, 0) is 19.4 Å². The summed E-state index contributed by atoms with van der Waals surface area (Å²) in [4.78, 5) is 0. The fraction of sp³-hybridized carbons (Fsp3) is 0.800. The molecule has 0 aliphatic carbocycles. The minimum Gasteiger partial charge on any atom is -0.310 e. The average Bonchev–Trinajstić information content (AvgIpc) is 2.79. The topological polar surface area (TPSA) is 29.9 Å². The van der Waals surface area contributed by atoms with Crippen molar-refractivity contribution in [2.24, 2.45) is 0 Å². The van der Waals surface area contributed by atoms with Gasteiger partial charge in [0.2, 0.25) is 0 Å². The van der Waals surface area contributed by atoms with Crippen molar-refractivity contribution < 1.29 is 4.39 Å². The summed E-state index contributed by atoms with van der Waals surface area (Å²) in [5.74, 6) is 0. The van der Waals surface area contributed by atoms with Gasteiger partial charge in [0, 0.05) is 23.8 Å². The van der Waals surface area contributed by atoms with E-state index in [4.69, 9.17) is 5.10 Å². The van der Waals surface area contributed by atoms with Crippen LogP contribution in [0.25, 0.3) is 0 Å². The van der Waals surface area contributed by atoms with Crippen LogP contribution >= 0.6 is 0 Å². The fourth-order valence-corrected chi connectivity index (χ4v) is 2.69. The van der Waals surface area contributed by atoms with Gasteiger partial charge in [0.25, 0.3) is 0 Å². The number of aromatic nitrogens is 2. The summed E-state index contributed by atoms with van der Waals surface area (Å²) in [6.45, 7) is 10.0. The molecule has 0 spiro atoms. The minimum atomic E-state index is -0.274. The highest BCUT2D eigenvalue weighted by atomic mass is 19.1. The second-order valence-electron chi connectivity index (χ2n) is 4.80. The van der Waals surface area contributed by atoms with E-state index in [-0.39, 0.29) is 6.67 Å². The van der Waals surface area contributed by atoms with Crippen molar-refractivity contribution in [2.75, 3.05) is 13.2 Å². The number of nitrogens with zero attached hydrogens (tertiary/aromatic N) is 2. The van der Waals surface area contributed by atoms with E-state index in [1.165, 1.54) is 17.0 Å². The van der Waals surface area contributed by atoms with Crippen LogP contribution in [0.15, 0.2) is 0 Å². The Morgan fingerprint density at radius 1 is 1.21 bits per heavy atom. The van der Waals surface area contributed by atoms with E-state index >= 15 is 0 Å². The van der Waals surface area contributed by atoms with Crippen molar-refractivity contribution in [1.29, 1.82) is 0 Å². The molecule has 1 atom stereocenters. The predicted molar refractivity (Wildman–Crippen MR) is 78.3 cm³/mol. The third-order valence-corrected chi connectivity index (χ3v) is 3.56. The quantitative estimate of drug-likeness (QED) is 0.744. The molecule has 0 bridgehead atoms. The Kier molecular flexibility index (Phi) is 7.06. The van der Waals surface area contributed by atoms with Crippen LogP contribution in [-0.4, -0.2) is 23.0 Å². The fourth-order valence-electron chi connectivity index (χ4n) is 2.69. The van der Waals surface area contributed by atoms with Gasteiger partial charge in [-0.05, 0) is 32.2 Å². The van der Waals surface area contributed by atoms with Crippen molar-refractivity contribution in [1.82, 2.24) is 15.1 Å². The highest BCUT2D eigenvalue weighted by molar-refractivity contribution is 5.30. The van der Waals surface area contributed by atoms with Gasteiger partial charge in [0.1, 0.15) is 0 Å². The van der Waals surface area contributed by atoms with E-state index in [0.29, 0.717) is 19.0 Å². The summed E-state index contributed by atoms with van der Waals surface area (Å²) < 4.78 is 14.4. The van der Waals surface area contributed by atoms with Crippen molar-refractivity contribution in [3.05, 3.63) is 17.0 Å². The molecule has 1 N–H and O–H groups in total. The Balaban J connectivity index is 3.14. The van der Waals surface area contributed by atoms with Gasteiger partial charge in [-0.1, -0.05) is 27.7 Å². The SMILES string of the molecule is CCNC(CC)c1c(CC)nn(CCCF)c1CC. The molecule has 1 aromatic heterocycles. The van der Waals surface area contributed by atoms with E-state index in [9.17, 15) is 4.39 Å². The zero-order valence-electron chi connectivity index (χ0n) is 12.8. The lowest BCUT2D eigenvalue weighted by Gasteiger charge is -2.18. The molecule has 1 rings (SSSR count). The molecule has 0 saturated carbocycles. The van der Waals surface area contributed by atoms with E-state index < -0.39 is 0 Å². The minimum absolute atomic E-state index is 0.274. The first-order chi connectivity index (χ1) is 9.23. The van der Waals surface area contributed by atoms with Gasteiger partial charge >= 0.3 is 0 Å². The molecular formula is C15H28FN3. The average molecular weight is 269 g/mol. The third-order valence-electron chi connectivity index (χ3n) is 3.56. The van der Waals surface area contributed by atoms with Crippen molar-refractivity contribution in [3.8, 4) is 0 Å². The Morgan fingerprint density at radius 3 is 2.42 bits per heavy atom. The second-order valence-corrected chi connectivity index (χ2v) is 4.80. The number of hydrogen-bond donors (Lipinski definition) is 1. The highest BCUT2D eigenvalue weighted by Crippen LogP contribution is 2.26. The van der Waals surface area contributed by atoms with Crippen LogP contribution in [0, 0.1) is 0 Å². The number of halogens is 1. The first-order valence-electron chi connectivity index (χ1n) is 7.61. The first-order valence-corrected chi connectivity index (χ1v) is 7.61. The van der Waals surface area contributed by atoms with E-state index in [1.54, 1.807) is 0 Å². The Bertz CT molecular complexity index is 374. The highest BCUT2D eigenvalue weighted by Gasteiger charge is 2.21. The maximum absolute atomic E-state index is 12.4. The van der Waals surface area contributed by atoms with E-state index in [0.717, 1.165) is 25.8 Å². The normalized spacial score (nSPS) is 12.9. The first kappa shape index (κ1) is 16.2. The molecule has 0 saturated heterocycles. The van der Waals surface area contributed by atoms with Gasteiger partial charge < -0.3 is 5.32 Å². The maximum atomic E-state index is 12.4. The van der Waals surface area contributed by atoms with Gasteiger partial charge in [0.15, 0.2) is 0 Å². The smallest absolute Gasteiger partial charge is 0.0912 e. The maximum Gasteiger partial charge on any atom is 0.0912 e. The number of rotatable bonds is 9. The molecule has 1 aromatic rings. The number of hydrogen-bond acceptors (Lipinski definition) is 2. The molecule has 0 aromatic carbocycles. The van der Waals surface area contributed by atoms with Crippen LogP contribution < -0.4 is 5.32 Å². The molecule has 0 fully saturated rings. The molecule has 0 radical (unpaired) electrons. The summed E-state index contributed by atoms with van der Waals surface area (Å²) >= 11 is 0. The van der Waals surface area contributed by atoms with Gasteiger partial charge in [-0.3, -0.25) is 9.07 Å². The lowest BCUT2D eigenvalue weighted by molar-refractivity contribution is 0.428.